The van der Waals surface area contributed by atoms with Crippen LogP contribution in [0.15, 0.2) is 59.8 Å². The van der Waals surface area contributed by atoms with Crippen molar-refractivity contribution in [1.82, 2.24) is 9.66 Å². The number of fused-ring (bicyclic) bond motifs is 1. The highest BCUT2D eigenvalue weighted by Crippen LogP contribution is 2.44. The van der Waals surface area contributed by atoms with Crippen LogP contribution in [0.2, 0.25) is 0 Å². The fourth-order valence-corrected chi connectivity index (χ4v) is 4.38. The lowest BCUT2D eigenvalue weighted by Crippen LogP contribution is -2.47. The molecule has 0 saturated heterocycles. The van der Waals surface area contributed by atoms with Gasteiger partial charge in [0.05, 0.1) is 18.1 Å². The number of hydrogen-bond donors (Lipinski definition) is 1. The van der Waals surface area contributed by atoms with Crippen LogP contribution < -0.4 is 10.6 Å². The number of rotatable bonds is 4. The van der Waals surface area contributed by atoms with Crippen LogP contribution in [0.3, 0.4) is 0 Å². The van der Waals surface area contributed by atoms with Gasteiger partial charge in [0.1, 0.15) is 0 Å². The van der Waals surface area contributed by atoms with E-state index in [0.29, 0.717) is 11.9 Å². The summed E-state index contributed by atoms with van der Waals surface area (Å²) in [5.41, 5.74) is 11.9. The Morgan fingerprint density at radius 1 is 1.21 bits per heavy atom. The van der Waals surface area contributed by atoms with Crippen molar-refractivity contribution >= 4 is 17.9 Å². The molecular formula is C24H29N5. The lowest BCUT2D eigenvalue weighted by molar-refractivity contribution is 0.374. The van der Waals surface area contributed by atoms with Gasteiger partial charge in [0.2, 0.25) is 5.95 Å². The summed E-state index contributed by atoms with van der Waals surface area (Å²) in [5.74, 6) is 0.891. The maximum absolute atomic E-state index is 5.89. The zero-order valence-electron chi connectivity index (χ0n) is 17.6. The first-order valence-corrected chi connectivity index (χ1v) is 10.1. The molecule has 1 unspecified atom stereocenters. The molecule has 0 spiro atoms. The molecule has 1 aliphatic rings. The number of benzene rings is 2. The van der Waals surface area contributed by atoms with Crippen molar-refractivity contribution in [3.63, 3.8) is 0 Å². The standard InChI is InChI=1S/C24H29N5/c1-17-13-24(3,4)28(16-19-8-6-5-7-9-19)22-11-10-20(12-21(17)22)14-26-29-15-18(2)27-23(29)25/h5-12,14-15,17H,13,16H2,1-4H3,(H2,25,27). The van der Waals surface area contributed by atoms with E-state index in [1.807, 2.05) is 19.3 Å². The second-order valence-electron chi connectivity index (χ2n) is 8.64. The van der Waals surface area contributed by atoms with E-state index in [4.69, 9.17) is 5.73 Å². The van der Waals surface area contributed by atoms with E-state index in [0.717, 1.165) is 24.2 Å². The second-order valence-corrected chi connectivity index (χ2v) is 8.64. The molecule has 0 bridgehead atoms. The predicted octanol–water partition coefficient (Wildman–Crippen LogP) is 4.95. The largest absolute Gasteiger partial charge is 0.368 e. The Labute approximate surface area is 172 Å². The van der Waals surface area contributed by atoms with E-state index in [9.17, 15) is 0 Å². The van der Waals surface area contributed by atoms with Crippen LogP contribution in [0.1, 0.15) is 55.5 Å². The monoisotopic (exact) mass is 387 g/mol. The average molecular weight is 388 g/mol. The van der Waals surface area contributed by atoms with Gasteiger partial charge in [-0.1, -0.05) is 43.3 Å². The Kier molecular flexibility index (Phi) is 4.91. The quantitative estimate of drug-likeness (QED) is 0.645. The number of imidazole rings is 1. The summed E-state index contributed by atoms with van der Waals surface area (Å²) in [4.78, 5) is 6.73. The molecule has 2 aromatic carbocycles. The van der Waals surface area contributed by atoms with Crippen LogP contribution in [-0.2, 0) is 6.54 Å². The van der Waals surface area contributed by atoms with Crippen LogP contribution in [0.25, 0.3) is 0 Å². The molecule has 1 aliphatic heterocycles. The predicted molar refractivity (Wildman–Crippen MR) is 121 cm³/mol. The molecule has 1 aromatic heterocycles. The number of aryl methyl sites for hydroxylation is 1. The third kappa shape index (κ3) is 3.90. The van der Waals surface area contributed by atoms with Gasteiger partial charge in [0, 0.05) is 17.8 Å². The summed E-state index contributed by atoms with van der Waals surface area (Å²) >= 11 is 0. The second kappa shape index (κ2) is 7.39. The van der Waals surface area contributed by atoms with Gasteiger partial charge < -0.3 is 10.6 Å². The number of nitrogens with two attached hydrogens (primary N) is 1. The number of nitrogens with zero attached hydrogens (tertiary/aromatic N) is 4. The third-order valence-electron chi connectivity index (χ3n) is 5.76. The van der Waals surface area contributed by atoms with Crippen molar-refractivity contribution in [2.45, 2.75) is 52.1 Å². The van der Waals surface area contributed by atoms with Gasteiger partial charge in [0.15, 0.2) is 0 Å². The first-order chi connectivity index (χ1) is 13.8. The van der Waals surface area contributed by atoms with Crippen molar-refractivity contribution in [3.8, 4) is 0 Å². The summed E-state index contributed by atoms with van der Waals surface area (Å²) < 4.78 is 1.61. The molecule has 0 fully saturated rings. The highest BCUT2D eigenvalue weighted by atomic mass is 15.4. The Morgan fingerprint density at radius 3 is 2.66 bits per heavy atom. The van der Waals surface area contributed by atoms with Crippen LogP contribution in [0, 0.1) is 6.92 Å². The molecule has 0 saturated carbocycles. The van der Waals surface area contributed by atoms with Gasteiger partial charge in [-0.05, 0) is 61.9 Å². The molecule has 150 valence electrons. The molecule has 5 nitrogen and oxygen atoms in total. The normalized spacial score (nSPS) is 18.2. The van der Waals surface area contributed by atoms with E-state index in [1.165, 1.54) is 16.8 Å². The van der Waals surface area contributed by atoms with E-state index in [-0.39, 0.29) is 5.54 Å². The number of anilines is 2. The molecule has 0 aliphatic carbocycles. The van der Waals surface area contributed by atoms with Crippen LogP contribution >= 0.6 is 0 Å². The van der Waals surface area contributed by atoms with Gasteiger partial charge in [0.25, 0.3) is 0 Å². The molecule has 5 heteroatoms. The molecular weight excluding hydrogens is 358 g/mol. The first kappa shape index (κ1) is 19.2. The van der Waals surface area contributed by atoms with Crippen molar-refractivity contribution in [1.29, 1.82) is 0 Å². The minimum Gasteiger partial charge on any atom is -0.368 e. The lowest BCUT2D eigenvalue weighted by Gasteiger charge is -2.47. The Hall–Kier alpha value is -3.08. The molecule has 29 heavy (non-hydrogen) atoms. The Balaban J connectivity index is 1.67. The van der Waals surface area contributed by atoms with Gasteiger partial charge in [-0.3, -0.25) is 0 Å². The Bertz CT molecular complexity index is 1030. The van der Waals surface area contributed by atoms with Crippen LogP contribution in [0.4, 0.5) is 11.6 Å². The zero-order valence-corrected chi connectivity index (χ0v) is 17.6. The minimum absolute atomic E-state index is 0.0979. The van der Waals surface area contributed by atoms with Crippen molar-refractivity contribution in [2.75, 3.05) is 10.6 Å². The topological polar surface area (TPSA) is 59.4 Å². The third-order valence-corrected chi connectivity index (χ3v) is 5.76. The molecule has 4 rings (SSSR count). The number of nitrogen functional groups attached to an aromatic ring is 1. The minimum atomic E-state index is 0.0979. The maximum atomic E-state index is 5.89. The number of hydrogen-bond acceptors (Lipinski definition) is 4. The molecule has 1 atom stereocenters. The zero-order chi connectivity index (χ0) is 20.6. The lowest BCUT2D eigenvalue weighted by atomic mass is 9.79. The van der Waals surface area contributed by atoms with Gasteiger partial charge in [-0.2, -0.15) is 5.10 Å². The molecule has 3 aromatic rings. The Morgan fingerprint density at radius 2 is 1.97 bits per heavy atom. The van der Waals surface area contributed by atoms with Gasteiger partial charge in [-0.15, -0.1) is 0 Å². The van der Waals surface area contributed by atoms with E-state index in [2.05, 4.69) is 84.3 Å². The first-order valence-electron chi connectivity index (χ1n) is 10.1. The van der Waals surface area contributed by atoms with E-state index in [1.54, 1.807) is 4.68 Å². The molecule has 2 N–H and O–H groups in total. The smallest absolute Gasteiger partial charge is 0.221 e. The summed E-state index contributed by atoms with van der Waals surface area (Å²) in [7, 11) is 0. The van der Waals surface area contributed by atoms with Gasteiger partial charge >= 0.3 is 0 Å². The van der Waals surface area contributed by atoms with E-state index < -0.39 is 0 Å². The summed E-state index contributed by atoms with van der Waals surface area (Å²) in [5, 5.41) is 4.48. The SMILES string of the molecule is Cc1cn(N=Cc2ccc3c(c2)C(C)CC(C)(C)N3Cc2ccccc2)c(N)n1. The highest BCUT2D eigenvalue weighted by Gasteiger charge is 2.36. The average Bonchev–Trinajstić information content (AvgIpc) is 3.01. The molecule has 2 heterocycles. The van der Waals surface area contributed by atoms with Crippen LogP contribution in [0.5, 0.6) is 0 Å². The van der Waals surface area contributed by atoms with E-state index >= 15 is 0 Å². The van der Waals surface area contributed by atoms with Gasteiger partial charge in [-0.25, -0.2) is 9.66 Å². The summed E-state index contributed by atoms with van der Waals surface area (Å²) in [6.45, 7) is 9.82. The number of aromatic nitrogens is 2. The molecule has 0 amide bonds. The van der Waals surface area contributed by atoms with Crippen molar-refractivity contribution < 1.29 is 0 Å². The van der Waals surface area contributed by atoms with Crippen molar-refractivity contribution in [3.05, 3.63) is 77.1 Å². The fourth-order valence-electron chi connectivity index (χ4n) is 4.38. The van der Waals surface area contributed by atoms with Crippen molar-refractivity contribution in [2.24, 2.45) is 5.10 Å². The van der Waals surface area contributed by atoms with Crippen LogP contribution in [-0.4, -0.2) is 21.4 Å². The highest BCUT2D eigenvalue weighted by molar-refractivity contribution is 5.82. The summed E-state index contributed by atoms with van der Waals surface area (Å²) in [6, 6.07) is 17.3. The maximum Gasteiger partial charge on any atom is 0.221 e. The fraction of sp³-hybridized carbons (Fsp3) is 0.333. The molecule has 0 radical (unpaired) electrons. The summed E-state index contributed by atoms with van der Waals surface area (Å²) in [6.07, 6.45) is 4.80.